The number of methoxy groups -OCH3 is 1. The number of hydrogen-bond donors (Lipinski definition) is 0. The number of alkyl halides is 3. The number of carbonyl (C=O) groups is 1. The molecule has 1 aliphatic heterocycles. The molecule has 1 unspecified atom stereocenters. The van der Waals surface area contributed by atoms with Crippen LogP contribution in [0.1, 0.15) is 95.9 Å². The van der Waals surface area contributed by atoms with Gasteiger partial charge in [0.05, 0.1) is 31.1 Å². The van der Waals surface area contributed by atoms with Crippen LogP contribution in [0.5, 0.6) is 0 Å². The van der Waals surface area contributed by atoms with Crippen LogP contribution in [0.4, 0.5) is 13.2 Å². The predicted molar refractivity (Wildman–Crippen MR) is 188 cm³/mol. The Kier molecular flexibility index (Phi) is 15.3. The molecule has 0 N–H and O–H groups in total. The number of carbonyl (C=O) groups excluding carboxylic acids is 1. The van der Waals surface area contributed by atoms with Crippen molar-refractivity contribution in [2.75, 3.05) is 40.5 Å². The summed E-state index contributed by atoms with van der Waals surface area (Å²) in [7, 11) is 2.51. The Morgan fingerprint density at radius 3 is 2.32 bits per heavy atom. The number of oxime groups is 2. The molecular weight excluding hydrogens is 651 g/mol. The van der Waals surface area contributed by atoms with Gasteiger partial charge in [0.15, 0.2) is 11.5 Å². The Morgan fingerprint density at radius 2 is 1.72 bits per heavy atom. The van der Waals surface area contributed by atoms with Crippen molar-refractivity contribution in [3.8, 4) is 0 Å². The van der Waals surface area contributed by atoms with E-state index in [0.29, 0.717) is 16.5 Å². The van der Waals surface area contributed by atoms with E-state index in [1.54, 1.807) is 24.3 Å². The number of nitrogens with zero attached hydrogens (tertiary/aromatic N) is 3. The molecule has 1 saturated carbocycles. The van der Waals surface area contributed by atoms with Gasteiger partial charge < -0.3 is 28.8 Å². The maximum absolute atomic E-state index is 12.9. The maximum Gasteiger partial charge on any atom is 0.416 e. The number of esters is 1. The molecule has 1 spiro atoms. The van der Waals surface area contributed by atoms with E-state index in [-0.39, 0.29) is 35.5 Å². The zero-order chi connectivity index (χ0) is 37.0. The Balaban J connectivity index is 0.000000284. The molecule has 2 aromatic rings. The monoisotopic (exact) mass is 705 g/mol. The highest BCUT2D eigenvalue weighted by molar-refractivity contribution is 6.43. The molecule has 0 aromatic heterocycles. The van der Waals surface area contributed by atoms with Gasteiger partial charge in [0.1, 0.15) is 13.7 Å². The number of rotatable bonds is 12. The van der Waals surface area contributed by atoms with Crippen LogP contribution < -0.4 is 0 Å². The molecule has 1 saturated heterocycles. The second kappa shape index (κ2) is 18.7. The summed E-state index contributed by atoms with van der Waals surface area (Å²) >= 11 is 0. The van der Waals surface area contributed by atoms with E-state index in [4.69, 9.17) is 23.9 Å². The summed E-state index contributed by atoms with van der Waals surface area (Å²) < 4.78 is 55.8. The van der Waals surface area contributed by atoms with Crippen LogP contribution >= 0.6 is 0 Å². The van der Waals surface area contributed by atoms with Crippen LogP contribution in [0, 0.1) is 11.3 Å². The first-order chi connectivity index (χ1) is 23.7. The lowest BCUT2D eigenvalue weighted by Gasteiger charge is -2.41. The highest BCUT2D eigenvalue weighted by Gasteiger charge is 2.46. The van der Waals surface area contributed by atoms with Crippen molar-refractivity contribution in [1.29, 1.82) is 0 Å². The first-order valence-corrected chi connectivity index (χ1v) is 17.3. The SMILES string of the molecule is CCCN(CC)CC1COC2(CCC(C(C)(C)C)CC2)O1.CO/N=C(/C(=O)OC)c1ccccc1CO/N=C(\C)c1cccc(C(F)(F)F)c1. The third kappa shape index (κ3) is 11.8. The summed E-state index contributed by atoms with van der Waals surface area (Å²) in [5, 5.41) is 7.58. The summed E-state index contributed by atoms with van der Waals surface area (Å²) in [6.45, 7) is 17.1. The van der Waals surface area contributed by atoms with Crippen molar-refractivity contribution in [1.82, 2.24) is 4.90 Å². The van der Waals surface area contributed by atoms with Gasteiger partial charge in [-0.05, 0) is 68.3 Å². The van der Waals surface area contributed by atoms with Gasteiger partial charge in [0.25, 0.3) is 0 Å². The molecule has 0 amide bonds. The average Bonchev–Trinajstić information content (AvgIpc) is 3.47. The highest BCUT2D eigenvalue weighted by Crippen LogP contribution is 2.45. The van der Waals surface area contributed by atoms with Crippen molar-refractivity contribution >= 4 is 17.4 Å². The molecule has 1 aliphatic carbocycles. The molecule has 0 bridgehead atoms. The van der Waals surface area contributed by atoms with E-state index >= 15 is 0 Å². The highest BCUT2D eigenvalue weighted by atomic mass is 19.4. The number of halogens is 3. The van der Waals surface area contributed by atoms with E-state index < -0.39 is 17.7 Å². The summed E-state index contributed by atoms with van der Waals surface area (Å²) in [6, 6.07) is 11.5. The molecule has 2 aliphatic rings. The van der Waals surface area contributed by atoms with Gasteiger partial charge in [-0.15, -0.1) is 0 Å². The minimum Gasteiger partial charge on any atom is -0.464 e. The Bertz CT molecular complexity index is 1430. The molecule has 1 heterocycles. The summed E-state index contributed by atoms with van der Waals surface area (Å²) in [6.07, 6.45) is 1.66. The van der Waals surface area contributed by atoms with Crippen LogP contribution in [-0.4, -0.2) is 74.6 Å². The smallest absolute Gasteiger partial charge is 0.416 e. The minimum atomic E-state index is -4.44. The summed E-state index contributed by atoms with van der Waals surface area (Å²) in [4.78, 5) is 24.4. The largest absolute Gasteiger partial charge is 0.464 e. The van der Waals surface area contributed by atoms with Crippen LogP contribution in [0.2, 0.25) is 0 Å². The number of benzene rings is 2. The first kappa shape index (κ1) is 40.9. The average molecular weight is 706 g/mol. The Labute approximate surface area is 295 Å². The quantitative estimate of drug-likeness (QED) is 0.125. The topological polar surface area (TPSA) is 91.2 Å². The van der Waals surface area contributed by atoms with Gasteiger partial charge in [-0.25, -0.2) is 4.79 Å². The zero-order valence-electron chi connectivity index (χ0n) is 30.8. The fraction of sp³-hybridized carbons (Fsp3) is 0.605. The molecular formula is C38H54F3N3O6. The lowest BCUT2D eigenvalue weighted by atomic mass is 9.71. The van der Waals surface area contributed by atoms with Crippen molar-refractivity contribution < 1.29 is 41.9 Å². The molecule has 2 aromatic carbocycles. The van der Waals surface area contributed by atoms with Crippen molar-refractivity contribution in [2.24, 2.45) is 21.6 Å². The van der Waals surface area contributed by atoms with E-state index in [0.717, 1.165) is 57.1 Å². The molecule has 0 radical (unpaired) electrons. The fourth-order valence-electron chi connectivity index (χ4n) is 6.31. The van der Waals surface area contributed by atoms with Gasteiger partial charge in [-0.2, -0.15) is 13.2 Å². The molecule has 12 heteroatoms. The van der Waals surface area contributed by atoms with Gasteiger partial charge in [-0.3, -0.25) is 0 Å². The van der Waals surface area contributed by atoms with Gasteiger partial charge >= 0.3 is 12.1 Å². The standard InChI is InChI=1S/C20H19F3N2O4.C18H35NO2/c1-13(14-8-6-9-16(11-14)20(21,22)23)24-29-12-15-7-4-5-10-17(15)18(25-28-3)19(26)27-2;1-6-12-19(7-2)13-16-14-20-18(21-16)10-8-15(9-11-18)17(3,4)5/h4-11H,12H2,1-3H3;15-16H,6-14H2,1-5H3/b24-13+,25-18+;. The normalized spacial score (nSPS) is 21.5. The molecule has 278 valence electrons. The number of likely N-dealkylation sites (N-methyl/N-ethyl adjacent to an activating group) is 1. The summed E-state index contributed by atoms with van der Waals surface area (Å²) in [5.41, 5.74) is 1.14. The maximum atomic E-state index is 12.9. The number of hydrogen-bond acceptors (Lipinski definition) is 9. The second-order valence-electron chi connectivity index (χ2n) is 13.8. The zero-order valence-corrected chi connectivity index (χ0v) is 30.8. The van der Waals surface area contributed by atoms with Crippen molar-refractivity contribution in [3.05, 3.63) is 70.8 Å². The third-order valence-electron chi connectivity index (χ3n) is 9.20. The second-order valence-corrected chi connectivity index (χ2v) is 13.8. The molecule has 1 atom stereocenters. The van der Waals surface area contributed by atoms with E-state index in [1.165, 1.54) is 52.5 Å². The van der Waals surface area contributed by atoms with Gasteiger partial charge in [0.2, 0.25) is 0 Å². The van der Waals surface area contributed by atoms with Gasteiger partial charge in [-0.1, -0.05) is 81.3 Å². The molecule has 2 fully saturated rings. The fourth-order valence-corrected chi connectivity index (χ4v) is 6.31. The lowest BCUT2D eigenvalue weighted by molar-refractivity contribution is -0.197. The van der Waals surface area contributed by atoms with E-state index in [9.17, 15) is 18.0 Å². The molecule has 50 heavy (non-hydrogen) atoms. The van der Waals surface area contributed by atoms with Crippen molar-refractivity contribution in [3.63, 3.8) is 0 Å². The molecule has 9 nitrogen and oxygen atoms in total. The predicted octanol–water partition coefficient (Wildman–Crippen LogP) is 8.24. The van der Waals surface area contributed by atoms with E-state index in [1.807, 2.05) is 0 Å². The minimum absolute atomic E-state index is 0.0484. The van der Waals surface area contributed by atoms with Crippen molar-refractivity contribution in [2.45, 2.75) is 98.3 Å². The van der Waals surface area contributed by atoms with E-state index in [2.05, 4.69) is 49.8 Å². The third-order valence-corrected chi connectivity index (χ3v) is 9.20. The first-order valence-electron chi connectivity index (χ1n) is 17.3. The Hall–Kier alpha value is -3.48. The number of ether oxygens (including phenoxy) is 3. The van der Waals surface area contributed by atoms with Crippen LogP contribution in [0.15, 0.2) is 58.8 Å². The van der Waals surface area contributed by atoms with Crippen LogP contribution in [-0.2, 0) is 41.5 Å². The Morgan fingerprint density at radius 1 is 1.02 bits per heavy atom. The van der Waals surface area contributed by atoms with Gasteiger partial charge in [0, 0.05) is 30.5 Å². The molecule has 4 rings (SSSR count). The summed E-state index contributed by atoms with van der Waals surface area (Å²) in [5.74, 6) is -0.137. The lowest BCUT2D eigenvalue weighted by Crippen LogP contribution is -2.40. The van der Waals surface area contributed by atoms with Crippen LogP contribution in [0.3, 0.4) is 0 Å². The van der Waals surface area contributed by atoms with Crippen LogP contribution in [0.25, 0.3) is 0 Å².